The SMILES string of the molecule is CCOC1(c2ccsc2)CC(F)(F)C(=O)N1. The van der Waals surface area contributed by atoms with Gasteiger partial charge in [0.25, 0.3) is 5.91 Å². The molecule has 1 fully saturated rings. The monoisotopic (exact) mass is 247 g/mol. The van der Waals surface area contributed by atoms with E-state index in [1.807, 2.05) is 0 Å². The highest BCUT2D eigenvalue weighted by molar-refractivity contribution is 7.08. The van der Waals surface area contributed by atoms with Gasteiger partial charge in [0.2, 0.25) is 0 Å². The van der Waals surface area contributed by atoms with E-state index in [4.69, 9.17) is 4.74 Å². The summed E-state index contributed by atoms with van der Waals surface area (Å²) >= 11 is 1.38. The molecule has 1 N–H and O–H groups in total. The van der Waals surface area contributed by atoms with Crippen molar-refractivity contribution >= 4 is 17.2 Å². The van der Waals surface area contributed by atoms with Crippen molar-refractivity contribution in [3.8, 4) is 0 Å². The van der Waals surface area contributed by atoms with Crippen LogP contribution < -0.4 is 5.32 Å². The van der Waals surface area contributed by atoms with Gasteiger partial charge in [-0.15, -0.1) is 0 Å². The van der Waals surface area contributed by atoms with Crippen molar-refractivity contribution in [3.63, 3.8) is 0 Å². The van der Waals surface area contributed by atoms with Gasteiger partial charge in [-0.25, -0.2) is 0 Å². The zero-order valence-electron chi connectivity index (χ0n) is 8.63. The van der Waals surface area contributed by atoms with Crippen molar-refractivity contribution in [1.29, 1.82) is 0 Å². The van der Waals surface area contributed by atoms with E-state index < -0.39 is 24.0 Å². The van der Waals surface area contributed by atoms with Crippen LogP contribution in [0, 0.1) is 0 Å². The molecule has 1 atom stereocenters. The number of carbonyl (C=O) groups excluding carboxylic acids is 1. The Kier molecular flexibility index (Phi) is 2.71. The molecule has 0 saturated carbocycles. The van der Waals surface area contributed by atoms with Gasteiger partial charge < -0.3 is 10.1 Å². The van der Waals surface area contributed by atoms with Crippen molar-refractivity contribution in [2.24, 2.45) is 0 Å². The lowest BCUT2D eigenvalue weighted by atomic mass is 10.0. The molecule has 0 spiro atoms. The number of thiophene rings is 1. The molecular weight excluding hydrogens is 236 g/mol. The minimum atomic E-state index is -3.36. The molecule has 1 saturated heterocycles. The smallest absolute Gasteiger partial charge is 0.329 e. The Balaban J connectivity index is 2.36. The first kappa shape index (κ1) is 11.5. The number of nitrogens with one attached hydrogen (secondary N) is 1. The lowest BCUT2D eigenvalue weighted by molar-refractivity contribution is -0.139. The third-order valence-electron chi connectivity index (χ3n) is 2.50. The van der Waals surface area contributed by atoms with Crippen LogP contribution in [0.3, 0.4) is 0 Å². The van der Waals surface area contributed by atoms with Crippen molar-refractivity contribution < 1.29 is 18.3 Å². The van der Waals surface area contributed by atoms with Crippen LogP contribution in [0.25, 0.3) is 0 Å². The molecule has 0 radical (unpaired) electrons. The van der Waals surface area contributed by atoms with E-state index in [1.54, 1.807) is 23.8 Å². The fraction of sp³-hybridized carbons (Fsp3) is 0.500. The third kappa shape index (κ3) is 1.72. The van der Waals surface area contributed by atoms with Gasteiger partial charge in [0.1, 0.15) is 0 Å². The van der Waals surface area contributed by atoms with Crippen LogP contribution in [0.2, 0.25) is 0 Å². The Bertz CT molecular complexity index is 394. The van der Waals surface area contributed by atoms with Crippen molar-refractivity contribution in [2.45, 2.75) is 25.0 Å². The van der Waals surface area contributed by atoms with E-state index in [1.165, 1.54) is 11.3 Å². The van der Waals surface area contributed by atoms with Crippen LogP contribution in [-0.2, 0) is 15.3 Å². The lowest BCUT2D eigenvalue weighted by Gasteiger charge is -2.27. The van der Waals surface area contributed by atoms with Crippen molar-refractivity contribution in [3.05, 3.63) is 22.4 Å². The maximum atomic E-state index is 13.3. The maximum Gasteiger partial charge on any atom is 0.329 e. The van der Waals surface area contributed by atoms with Gasteiger partial charge in [-0.3, -0.25) is 4.79 Å². The van der Waals surface area contributed by atoms with Crippen molar-refractivity contribution in [1.82, 2.24) is 5.32 Å². The molecule has 1 aliphatic heterocycles. The highest BCUT2D eigenvalue weighted by atomic mass is 32.1. The first-order valence-electron chi connectivity index (χ1n) is 4.87. The van der Waals surface area contributed by atoms with E-state index in [2.05, 4.69) is 5.32 Å². The highest BCUT2D eigenvalue weighted by Crippen LogP contribution is 2.41. The zero-order chi connectivity index (χ0) is 11.8. The Morgan fingerprint density at radius 1 is 1.62 bits per heavy atom. The molecule has 1 aliphatic rings. The predicted molar refractivity (Wildman–Crippen MR) is 55.3 cm³/mol. The molecule has 88 valence electrons. The molecule has 1 amide bonds. The normalized spacial score (nSPS) is 28.1. The second-order valence-electron chi connectivity index (χ2n) is 3.61. The number of hydrogen-bond donors (Lipinski definition) is 1. The number of carbonyl (C=O) groups is 1. The summed E-state index contributed by atoms with van der Waals surface area (Å²) in [5.41, 5.74) is -0.792. The molecule has 2 heterocycles. The summed E-state index contributed by atoms with van der Waals surface area (Å²) in [6.07, 6.45) is -0.649. The topological polar surface area (TPSA) is 38.3 Å². The van der Waals surface area contributed by atoms with Crippen LogP contribution in [-0.4, -0.2) is 18.4 Å². The second-order valence-corrected chi connectivity index (χ2v) is 4.39. The summed E-state index contributed by atoms with van der Waals surface area (Å²) in [7, 11) is 0. The summed E-state index contributed by atoms with van der Waals surface area (Å²) in [5, 5.41) is 5.72. The average Bonchev–Trinajstić information content (AvgIpc) is 2.75. The Hall–Kier alpha value is -1.01. The molecule has 3 nitrogen and oxygen atoms in total. The van der Waals surface area contributed by atoms with E-state index in [9.17, 15) is 13.6 Å². The molecule has 1 aromatic heterocycles. The second kappa shape index (κ2) is 3.78. The largest absolute Gasteiger partial charge is 0.351 e. The Morgan fingerprint density at radius 3 is 2.81 bits per heavy atom. The highest BCUT2D eigenvalue weighted by Gasteiger charge is 2.57. The molecule has 2 rings (SSSR count). The molecule has 0 aromatic carbocycles. The van der Waals surface area contributed by atoms with Gasteiger partial charge in [0, 0.05) is 12.2 Å². The van der Waals surface area contributed by atoms with E-state index in [0.29, 0.717) is 5.56 Å². The average molecular weight is 247 g/mol. The number of halogens is 2. The van der Waals surface area contributed by atoms with Crippen molar-refractivity contribution in [2.75, 3.05) is 6.61 Å². The molecule has 1 unspecified atom stereocenters. The number of amides is 1. The summed E-state index contributed by atoms with van der Waals surface area (Å²) < 4.78 is 31.9. The molecular formula is C10H11F2NO2S. The van der Waals surface area contributed by atoms with Crippen LogP contribution in [0.5, 0.6) is 0 Å². The lowest BCUT2D eigenvalue weighted by Crippen LogP contribution is -2.41. The fourth-order valence-corrected chi connectivity index (χ4v) is 2.52. The van der Waals surface area contributed by atoms with Gasteiger partial charge >= 0.3 is 5.92 Å². The number of rotatable bonds is 3. The number of alkyl halides is 2. The van der Waals surface area contributed by atoms with E-state index in [-0.39, 0.29) is 6.61 Å². The summed E-state index contributed by atoms with van der Waals surface area (Å²) in [4.78, 5) is 11.1. The van der Waals surface area contributed by atoms with Gasteiger partial charge in [-0.05, 0) is 23.8 Å². The third-order valence-corrected chi connectivity index (χ3v) is 3.18. The standard InChI is InChI=1S/C10H11F2NO2S/c1-2-15-10(7-3-4-16-5-7)6-9(11,12)8(14)13-10/h3-5H,2,6H2,1H3,(H,13,14). The summed E-state index contributed by atoms with van der Waals surface area (Å²) in [6.45, 7) is 1.96. The van der Waals surface area contributed by atoms with E-state index >= 15 is 0 Å². The van der Waals surface area contributed by atoms with Gasteiger partial charge in [-0.1, -0.05) is 0 Å². The van der Waals surface area contributed by atoms with Gasteiger partial charge in [-0.2, -0.15) is 20.1 Å². The Labute approximate surface area is 95.4 Å². The predicted octanol–water partition coefficient (Wildman–Crippen LogP) is 2.09. The molecule has 6 heteroatoms. The quantitative estimate of drug-likeness (QED) is 0.888. The maximum absolute atomic E-state index is 13.3. The van der Waals surface area contributed by atoms with Crippen LogP contribution in [0.4, 0.5) is 8.78 Å². The van der Waals surface area contributed by atoms with E-state index in [0.717, 1.165) is 0 Å². The first-order valence-corrected chi connectivity index (χ1v) is 5.81. The minimum Gasteiger partial charge on any atom is -0.351 e. The Morgan fingerprint density at radius 2 is 2.38 bits per heavy atom. The first-order chi connectivity index (χ1) is 7.50. The molecule has 0 aliphatic carbocycles. The van der Waals surface area contributed by atoms with Crippen LogP contribution in [0.1, 0.15) is 18.9 Å². The summed E-state index contributed by atoms with van der Waals surface area (Å²) in [5.74, 6) is -4.64. The van der Waals surface area contributed by atoms with Gasteiger partial charge in [0.15, 0.2) is 5.72 Å². The van der Waals surface area contributed by atoms with Gasteiger partial charge in [0.05, 0.1) is 6.42 Å². The number of hydrogen-bond acceptors (Lipinski definition) is 3. The van der Waals surface area contributed by atoms with Crippen LogP contribution in [0.15, 0.2) is 16.8 Å². The van der Waals surface area contributed by atoms with Crippen LogP contribution >= 0.6 is 11.3 Å². The molecule has 16 heavy (non-hydrogen) atoms. The molecule has 0 bridgehead atoms. The number of ether oxygens (including phenoxy) is 1. The zero-order valence-corrected chi connectivity index (χ0v) is 9.44. The minimum absolute atomic E-state index is 0.256. The summed E-state index contributed by atoms with van der Waals surface area (Å²) in [6, 6.07) is 1.68. The molecule has 1 aromatic rings. The fourth-order valence-electron chi connectivity index (χ4n) is 1.80.